The van der Waals surface area contributed by atoms with Gasteiger partial charge in [0.25, 0.3) is 0 Å². The van der Waals surface area contributed by atoms with Crippen molar-refractivity contribution >= 4 is 43.7 Å². The number of benzene rings is 1. The first-order chi connectivity index (χ1) is 11.3. The first-order valence-electron chi connectivity index (χ1n) is 7.51. The molecule has 1 fully saturated rings. The van der Waals surface area contributed by atoms with E-state index in [0.717, 1.165) is 10.0 Å². The van der Waals surface area contributed by atoms with Gasteiger partial charge in [-0.1, -0.05) is 34.1 Å². The summed E-state index contributed by atoms with van der Waals surface area (Å²) in [6.45, 7) is 1.94. The Kier molecular flexibility index (Phi) is 6.17. The first kappa shape index (κ1) is 18.7. The van der Waals surface area contributed by atoms with Gasteiger partial charge in [0.15, 0.2) is 9.84 Å². The molecule has 0 bridgehead atoms. The predicted octanol–water partition coefficient (Wildman–Crippen LogP) is 1.22. The lowest BCUT2D eigenvalue weighted by atomic mass is 10.2. The molecule has 1 N–H and O–H groups in total. The van der Waals surface area contributed by atoms with Crippen molar-refractivity contribution in [1.29, 1.82) is 0 Å². The van der Waals surface area contributed by atoms with Crippen LogP contribution in [0.4, 0.5) is 0 Å². The van der Waals surface area contributed by atoms with Gasteiger partial charge < -0.3 is 10.2 Å². The molecule has 2 amide bonds. The maximum absolute atomic E-state index is 12.3. The molecule has 1 aromatic rings. The number of amides is 2. The zero-order valence-corrected chi connectivity index (χ0v) is 15.6. The number of nitrogens with one attached hydrogen (secondary N) is 1. The van der Waals surface area contributed by atoms with Crippen molar-refractivity contribution in [3.05, 3.63) is 40.4 Å². The molecule has 0 aliphatic carbocycles. The molecule has 130 valence electrons. The maximum atomic E-state index is 12.3. The van der Waals surface area contributed by atoms with Crippen molar-refractivity contribution in [2.24, 2.45) is 0 Å². The van der Waals surface area contributed by atoms with Crippen LogP contribution < -0.4 is 5.32 Å². The first-order valence-corrected chi connectivity index (χ1v) is 10.1. The van der Waals surface area contributed by atoms with Gasteiger partial charge in [-0.3, -0.25) is 9.59 Å². The van der Waals surface area contributed by atoms with Gasteiger partial charge in [-0.25, -0.2) is 8.42 Å². The molecule has 1 atom stereocenters. The van der Waals surface area contributed by atoms with E-state index in [1.165, 1.54) is 11.0 Å². The van der Waals surface area contributed by atoms with Gasteiger partial charge in [-0.2, -0.15) is 0 Å². The van der Waals surface area contributed by atoms with Gasteiger partial charge in [-0.15, -0.1) is 0 Å². The summed E-state index contributed by atoms with van der Waals surface area (Å²) < 4.78 is 23.7. The normalized spacial score (nSPS) is 18.3. The second-order valence-electron chi connectivity index (χ2n) is 5.56. The van der Waals surface area contributed by atoms with E-state index in [1.807, 2.05) is 24.3 Å². The molecule has 0 aromatic heterocycles. The Balaban J connectivity index is 1.89. The van der Waals surface area contributed by atoms with Crippen LogP contribution in [0.15, 0.2) is 34.8 Å². The minimum absolute atomic E-state index is 0.0264. The molecular weight excluding hydrogens is 396 g/mol. The van der Waals surface area contributed by atoms with Crippen LogP contribution in [0.25, 0.3) is 6.08 Å². The number of sulfone groups is 1. The summed E-state index contributed by atoms with van der Waals surface area (Å²) in [5.74, 6) is -0.702. The molecule has 6 nitrogen and oxygen atoms in total. The van der Waals surface area contributed by atoms with E-state index in [4.69, 9.17) is 0 Å². The predicted molar refractivity (Wildman–Crippen MR) is 96.0 cm³/mol. The monoisotopic (exact) mass is 414 g/mol. The fraction of sp³-hybridized carbons (Fsp3) is 0.375. The number of hydrogen-bond acceptors (Lipinski definition) is 4. The number of hydrogen-bond donors (Lipinski definition) is 1. The lowest BCUT2D eigenvalue weighted by molar-refractivity contribution is -0.134. The van der Waals surface area contributed by atoms with Crippen LogP contribution in [0, 0.1) is 0 Å². The number of carbonyl (C=O) groups excluding carboxylic acids is 2. The lowest BCUT2D eigenvalue weighted by Gasteiger charge is -2.29. The largest absolute Gasteiger partial charge is 0.341 e. The smallest absolute Gasteiger partial charge is 0.244 e. The standard InChI is InChI=1S/C16H19BrN2O4S/c1-12(16(21)19-8-10-24(22,23)11-9-19)18-15(20)7-6-13-4-2-3-5-14(13)17/h2-7,12H,8-11H2,1H3,(H,18,20). The van der Waals surface area contributed by atoms with Crippen molar-refractivity contribution in [3.63, 3.8) is 0 Å². The summed E-state index contributed by atoms with van der Waals surface area (Å²) >= 11 is 3.39. The van der Waals surface area contributed by atoms with E-state index in [2.05, 4.69) is 21.2 Å². The van der Waals surface area contributed by atoms with Crippen LogP contribution >= 0.6 is 15.9 Å². The molecule has 1 heterocycles. The topological polar surface area (TPSA) is 83.6 Å². The Hall–Kier alpha value is -1.67. The SMILES string of the molecule is CC(NC(=O)C=Cc1ccccc1Br)C(=O)N1CCS(=O)(=O)CC1. The Morgan fingerprint density at radius 1 is 1.25 bits per heavy atom. The van der Waals surface area contributed by atoms with Crippen molar-refractivity contribution in [2.75, 3.05) is 24.6 Å². The Labute approximate surface area is 150 Å². The van der Waals surface area contributed by atoms with Crippen molar-refractivity contribution in [1.82, 2.24) is 10.2 Å². The van der Waals surface area contributed by atoms with Gasteiger partial charge in [0.1, 0.15) is 6.04 Å². The third-order valence-electron chi connectivity index (χ3n) is 3.70. The molecule has 1 aliphatic heterocycles. The number of rotatable bonds is 4. The molecule has 24 heavy (non-hydrogen) atoms. The minimum atomic E-state index is -3.04. The van der Waals surface area contributed by atoms with Gasteiger partial charge in [0.05, 0.1) is 11.5 Å². The van der Waals surface area contributed by atoms with E-state index in [0.29, 0.717) is 0 Å². The zero-order valence-electron chi connectivity index (χ0n) is 13.2. The summed E-state index contributed by atoms with van der Waals surface area (Å²) in [5, 5.41) is 2.61. The second-order valence-corrected chi connectivity index (χ2v) is 8.72. The zero-order chi connectivity index (χ0) is 17.7. The van der Waals surface area contributed by atoms with Gasteiger partial charge in [-0.05, 0) is 24.6 Å². The van der Waals surface area contributed by atoms with E-state index in [9.17, 15) is 18.0 Å². The van der Waals surface area contributed by atoms with Crippen LogP contribution in [-0.2, 0) is 19.4 Å². The van der Waals surface area contributed by atoms with E-state index in [1.54, 1.807) is 13.0 Å². The lowest BCUT2D eigenvalue weighted by Crippen LogP contribution is -2.51. The van der Waals surface area contributed by atoms with Crippen molar-refractivity contribution in [3.8, 4) is 0 Å². The van der Waals surface area contributed by atoms with Crippen LogP contribution in [0.3, 0.4) is 0 Å². The average molecular weight is 415 g/mol. The third kappa shape index (κ3) is 5.17. The van der Waals surface area contributed by atoms with Crippen LogP contribution in [0.1, 0.15) is 12.5 Å². The summed E-state index contributed by atoms with van der Waals surface area (Å²) in [4.78, 5) is 25.7. The van der Waals surface area contributed by atoms with E-state index < -0.39 is 15.9 Å². The number of carbonyl (C=O) groups is 2. The summed E-state index contributed by atoms with van der Waals surface area (Å²) in [6.07, 6.45) is 3.02. The van der Waals surface area contributed by atoms with Gasteiger partial charge in [0.2, 0.25) is 11.8 Å². The second kappa shape index (κ2) is 7.94. The fourth-order valence-electron chi connectivity index (χ4n) is 2.31. The summed E-state index contributed by atoms with van der Waals surface area (Å²) in [5.41, 5.74) is 0.855. The molecule has 1 unspecified atom stereocenters. The third-order valence-corrected chi connectivity index (χ3v) is 6.04. The summed E-state index contributed by atoms with van der Waals surface area (Å²) in [7, 11) is -3.04. The van der Waals surface area contributed by atoms with Crippen molar-refractivity contribution < 1.29 is 18.0 Å². The van der Waals surface area contributed by atoms with Crippen LogP contribution in [-0.4, -0.2) is 55.8 Å². The maximum Gasteiger partial charge on any atom is 0.244 e. The van der Waals surface area contributed by atoms with Gasteiger partial charge >= 0.3 is 0 Å². The minimum Gasteiger partial charge on any atom is -0.341 e. The van der Waals surface area contributed by atoms with Crippen molar-refractivity contribution in [2.45, 2.75) is 13.0 Å². The van der Waals surface area contributed by atoms with Crippen LogP contribution in [0.2, 0.25) is 0 Å². The summed E-state index contributed by atoms with van der Waals surface area (Å²) in [6, 6.07) is 6.76. The number of halogens is 1. The molecule has 0 radical (unpaired) electrons. The molecule has 1 aromatic carbocycles. The average Bonchev–Trinajstić information content (AvgIpc) is 2.53. The molecule has 2 rings (SSSR count). The molecule has 0 saturated carbocycles. The molecular formula is C16H19BrN2O4S. The Morgan fingerprint density at radius 2 is 1.88 bits per heavy atom. The fourth-order valence-corrected chi connectivity index (χ4v) is 3.92. The Morgan fingerprint density at radius 3 is 2.50 bits per heavy atom. The van der Waals surface area contributed by atoms with Gasteiger partial charge in [0, 0.05) is 23.6 Å². The Bertz CT molecular complexity index is 747. The highest BCUT2D eigenvalue weighted by Gasteiger charge is 2.28. The molecule has 1 saturated heterocycles. The quantitative estimate of drug-likeness (QED) is 0.750. The van der Waals surface area contributed by atoms with E-state index in [-0.39, 0.29) is 36.4 Å². The van der Waals surface area contributed by atoms with Crippen LogP contribution in [0.5, 0.6) is 0 Å². The molecule has 8 heteroatoms. The van der Waals surface area contributed by atoms with E-state index >= 15 is 0 Å². The molecule has 1 aliphatic rings. The number of nitrogens with zero attached hydrogens (tertiary/aromatic N) is 1. The molecule has 0 spiro atoms. The highest BCUT2D eigenvalue weighted by molar-refractivity contribution is 9.10. The highest BCUT2D eigenvalue weighted by Crippen LogP contribution is 2.17. The highest BCUT2D eigenvalue weighted by atomic mass is 79.9.